The van der Waals surface area contributed by atoms with Crippen LogP contribution < -0.4 is 10.6 Å². The molecular weight excluding hydrogens is 356 g/mol. The number of benzene rings is 1. The number of nitrogens with one attached hydrogen (secondary N) is 2. The van der Waals surface area contributed by atoms with Crippen molar-refractivity contribution in [3.63, 3.8) is 0 Å². The van der Waals surface area contributed by atoms with Crippen LogP contribution in [0.5, 0.6) is 0 Å². The molecule has 2 N–H and O–H groups in total. The fourth-order valence-corrected chi connectivity index (χ4v) is 2.84. The van der Waals surface area contributed by atoms with Crippen LogP contribution in [0.2, 0.25) is 0 Å². The Morgan fingerprint density at radius 3 is 2.57 bits per heavy atom. The summed E-state index contributed by atoms with van der Waals surface area (Å²) in [7, 11) is 0. The minimum atomic E-state index is -0.312. The quantitative estimate of drug-likeness (QED) is 0.560. The van der Waals surface area contributed by atoms with Crippen LogP contribution in [0.15, 0.2) is 71.5 Å². The molecule has 0 atom stereocenters. The van der Waals surface area contributed by atoms with E-state index in [1.165, 1.54) is 6.26 Å². The number of pyridine rings is 1. The number of carbonyl (C=O) groups is 2. The minimum absolute atomic E-state index is 0.238. The zero-order chi connectivity index (χ0) is 19.5. The smallest absolute Gasteiger partial charge is 0.291 e. The third kappa shape index (κ3) is 3.64. The second kappa shape index (κ2) is 7.40. The van der Waals surface area contributed by atoms with E-state index in [9.17, 15) is 9.59 Å². The van der Waals surface area contributed by atoms with Crippen LogP contribution in [0.4, 0.5) is 5.69 Å². The molecule has 7 heteroatoms. The Morgan fingerprint density at radius 2 is 1.86 bits per heavy atom. The first-order chi connectivity index (χ1) is 13.6. The largest absolute Gasteiger partial charge is 0.459 e. The highest BCUT2D eigenvalue weighted by Gasteiger charge is 2.12. The van der Waals surface area contributed by atoms with E-state index >= 15 is 0 Å². The number of imidazole rings is 1. The summed E-state index contributed by atoms with van der Waals surface area (Å²) < 4.78 is 6.94. The molecule has 28 heavy (non-hydrogen) atoms. The molecule has 0 aliphatic rings. The lowest BCUT2D eigenvalue weighted by atomic mass is 10.2. The molecule has 0 saturated carbocycles. The average molecular weight is 374 g/mol. The van der Waals surface area contributed by atoms with E-state index in [-0.39, 0.29) is 17.6 Å². The van der Waals surface area contributed by atoms with Gasteiger partial charge in [0, 0.05) is 24.1 Å². The number of anilines is 1. The van der Waals surface area contributed by atoms with E-state index in [1.807, 2.05) is 41.7 Å². The monoisotopic (exact) mass is 374 g/mol. The molecule has 0 spiro atoms. The molecule has 3 heterocycles. The molecule has 0 unspecified atom stereocenters. The molecule has 3 aromatic heterocycles. The Labute approximate surface area is 161 Å². The molecule has 140 valence electrons. The highest BCUT2D eigenvalue weighted by molar-refractivity contribution is 6.02. The van der Waals surface area contributed by atoms with Crippen molar-refractivity contribution >= 4 is 23.1 Å². The van der Waals surface area contributed by atoms with Gasteiger partial charge in [-0.25, -0.2) is 4.98 Å². The Balaban J connectivity index is 1.37. The number of furan rings is 1. The van der Waals surface area contributed by atoms with E-state index in [0.29, 0.717) is 17.9 Å². The van der Waals surface area contributed by atoms with Gasteiger partial charge in [0.15, 0.2) is 5.76 Å². The molecule has 7 nitrogen and oxygen atoms in total. The van der Waals surface area contributed by atoms with Crippen LogP contribution in [-0.4, -0.2) is 21.2 Å². The number of hydrogen-bond acceptors (Lipinski definition) is 4. The van der Waals surface area contributed by atoms with Crippen molar-refractivity contribution in [1.82, 2.24) is 14.7 Å². The van der Waals surface area contributed by atoms with Crippen molar-refractivity contribution < 1.29 is 14.0 Å². The van der Waals surface area contributed by atoms with Gasteiger partial charge in [0.05, 0.1) is 6.26 Å². The van der Waals surface area contributed by atoms with Crippen LogP contribution >= 0.6 is 0 Å². The van der Waals surface area contributed by atoms with Gasteiger partial charge in [-0.15, -0.1) is 0 Å². The second-order valence-electron chi connectivity index (χ2n) is 6.33. The van der Waals surface area contributed by atoms with Crippen molar-refractivity contribution in [2.24, 2.45) is 0 Å². The van der Waals surface area contributed by atoms with Crippen molar-refractivity contribution in [2.75, 3.05) is 5.32 Å². The minimum Gasteiger partial charge on any atom is -0.459 e. The molecule has 4 aromatic rings. The van der Waals surface area contributed by atoms with Crippen LogP contribution in [-0.2, 0) is 6.54 Å². The lowest BCUT2D eigenvalue weighted by Gasteiger charge is -2.06. The fourth-order valence-electron chi connectivity index (χ4n) is 2.84. The summed E-state index contributed by atoms with van der Waals surface area (Å²) in [6, 6.07) is 16.2. The van der Waals surface area contributed by atoms with Crippen LogP contribution in [0, 0.1) is 6.92 Å². The van der Waals surface area contributed by atoms with Crippen molar-refractivity contribution in [1.29, 1.82) is 0 Å². The van der Waals surface area contributed by atoms with E-state index in [4.69, 9.17) is 4.42 Å². The molecule has 0 aliphatic carbocycles. The first-order valence-electron chi connectivity index (χ1n) is 8.77. The molecule has 0 bridgehead atoms. The fraction of sp³-hybridized carbons (Fsp3) is 0.0952. The Morgan fingerprint density at radius 1 is 1.04 bits per heavy atom. The second-order valence-corrected chi connectivity index (χ2v) is 6.33. The number of nitrogens with zero attached hydrogens (tertiary/aromatic N) is 2. The number of hydrogen-bond donors (Lipinski definition) is 2. The maximum absolute atomic E-state index is 12.4. The van der Waals surface area contributed by atoms with E-state index in [0.717, 1.165) is 16.9 Å². The summed E-state index contributed by atoms with van der Waals surface area (Å²) >= 11 is 0. The third-order valence-corrected chi connectivity index (χ3v) is 4.34. The zero-order valence-electron chi connectivity index (χ0n) is 15.2. The third-order valence-electron chi connectivity index (χ3n) is 4.34. The summed E-state index contributed by atoms with van der Waals surface area (Å²) in [5, 5.41) is 5.61. The van der Waals surface area contributed by atoms with Crippen molar-refractivity contribution in [3.05, 3.63) is 89.8 Å². The first kappa shape index (κ1) is 17.5. The van der Waals surface area contributed by atoms with E-state index < -0.39 is 0 Å². The first-order valence-corrected chi connectivity index (χ1v) is 8.77. The molecule has 2 amide bonds. The highest BCUT2D eigenvalue weighted by atomic mass is 16.3. The predicted octanol–water partition coefficient (Wildman–Crippen LogP) is 3.42. The summed E-state index contributed by atoms with van der Waals surface area (Å²) in [5.74, 6) is -0.300. The van der Waals surface area contributed by atoms with Crippen LogP contribution in [0.1, 0.15) is 32.3 Å². The van der Waals surface area contributed by atoms with Gasteiger partial charge in [-0.2, -0.15) is 0 Å². The zero-order valence-corrected chi connectivity index (χ0v) is 15.2. The predicted molar refractivity (Wildman–Crippen MR) is 104 cm³/mol. The lowest BCUT2D eigenvalue weighted by Crippen LogP contribution is -2.23. The van der Waals surface area contributed by atoms with Gasteiger partial charge in [-0.1, -0.05) is 18.2 Å². The highest BCUT2D eigenvalue weighted by Crippen LogP contribution is 2.12. The number of fused-ring (bicyclic) bond motifs is 1. The number of aryl methyl sites for hydroxylation is 1. The van der Waals surface area contributed by atoms with Crippen LogP contribution in [0.3, 0.4) is 0 Å². The summed E-state index contributed by atoms with van der Waals surface area (Å²) in [6.45, 7) is 2.32. The number of aromatic nitrogens is 2. The molecule has 0 aliphatic heterocycles. The van der Waals surface area contributed by atoms with Crippen molar-refractivity contribution in [2.45, 2.75) is 13.5 Å². The number of carbonyl (C=O) groups excluding carboxylic acids is 2. The maximum Gasteiger partial charge on any atom is 0.291 e. The number of rotatable bonds is 5. The molecule has 0 fully saturated rings. The molecule has 4 rings (SSSR count). The lowest BCUT2D eigenvalue weighted by molar-refractivity contribution is 0.0945. The Kier molecular flexibility index (Phi) is 4.63. The topological polar surface area (TPSA) is 88.6 Å². The molecular formula is C21H18N4O3. The van der Waals surface area contributed by atoms with Crippen molar-refractivity contribution in [3.8, 4) is 0 Å². The van der Waals surface area contributed by atoms with Gasteiger partial charge in [-0.05, 0) is 48.9 Å². The van der Waals surface area contributed by atoms with E-state index in [1.54, 1.807) is 30.5 Å². The summed E-state index contributed by atoms with van der Waals surface area (Å²) in [4.78, 5) is 28.7. The summed E-state index contributed by atoms with van der Waals surface area (Å²) in [5.41, 5.74) is 3.67. The SMILES string of the molecule is Cc1cccc2nc(C(=O)NCc3ccc(NC(=O)c4ccco4)cc3)cn12. The molecule has 0 radical (unpaired) electrons. The maximum atomic E-state index is 12.4. The van der Waals surface area contributed by atoms with Gasteiger partial charge in [-0.3, -0.25) is 9.59 Å². The van der Waals surface area contributed by atoms with Gasteiger partial charge < -0.3 is 19.5 Å². The van der Waals surface area contributed by atoms with Gasteiger partial charge in [0.2, 0.25) is 0 Å². The normalized spacial score (nSPS) is 10.8. The molecule has 0 saturated heterocycles. The standard InChI is InChI=1S/C21H18N4O3/c1-14-4-2-6-19-24-17(13-25(14)19)20(26)22-12-15-7-9-16(10-8-15)23-21(27)18-5-3-11-28-18/h2-11,13H,12H2,1H3,(H,22,26)(H,23,27). The van der Waals surface area contributed by atoms with Crippen LogP contribution in [0.25, 0.3) is 5.65 Å². The molecule has 1 aromatic carbocycles. The summed E-state index contributed by atoms with van der Waals surface area (Å²) in [6.07, 6.45) is 3.18. The number of amides is 2. The van der Waals surface area contributed by atoms with E-state index in [2.05, 4.69) is 15.6 Å². The van der Waals surface area contributed by atoms with Gasteiger partial charge in [0.25, 0.3) is 11.8 Å². The van der Waals surface area contributed by atoms with Gasteiger partial charge in [0.1, 0.15) is 11.3 Å². The Hall–Kier alpha value is -3.87. The average Bonchev–Trinajstić information content (AvgIpc) is 3.38. The van der Waals surface area contributed by atoms with Gasteiger partial charge >= 0.3 is 0 Å². The Bertz CT molecular complexity index is 1130.